The highest BCUT2D eigenvalue weighted by molar-refractivity contribution is 6.05. The van der Waals surface area contributed by atoms with Crippen LogP contribution in [0.5, 0.6) is 0 Å². The molecule has 3 aromatic rings. The Balaban J connectivity index is 1.31. The molecule has 0 spiro atoms. The van der Waals surface area contributed by atoms with E-state index in [2.05, 4.69) is 38.4 Å². The predicted molar refractivity (Wildman–Crippen MR) is 114 cm³/mol. The summed E-state index contributed by atoms with van der Waals surface area (Å²) in [4.78, 5) is 37.5. The van der Waals surface area contributed by atoms with E-state index in [9.17, 15) is 9.59 Å². The van der Waals surface area contributed by atoms with E-state index in [-0.39, 0.29) is 24.0 Å². The maximum absolute atomic E-state index is 12.9. The van der Waals surface area contributed by atoms with Gasteiger partial charge in [0.15, 0.2) is 5.78 Å². The van der Waals surface area contributed by atoms with Gasteiger partial charge in [-0.05, 0) is 25.0 Å². The molecule has 8 heteroatoms. The molecule has 1 atom stereocenters. The molecule has 2 aliphatic rings. The van der Waals surface area contributed by atoms with Crippen molar-refractivity contribution in [2.45, 2.75) is 45.4 Å². The Morgan fingerprint density at radius 3 is 2.97 bits per heavy atom. The summed E-state index contributed by atoms with van der Waals surface area (Å²) in [6, 6.07) is 8.07. The maximum atomic E-state index is 12.9. The molecular formula is C23H21N5O3. The van der Waals surface area contributed by atoms with Crippen LogP contribution in [-0.4, -0.2) is 32.5 Å². The number of amides is 1. The number of rotatable bonds is 5. The highest BCUT2D eigenvalue weighted by atomic mass is 16.5. The minimum atomic E-state index is -0.177. The zero-order valence-corrected chi connectivity index (χ0v) is 17.3. The highest BCUT2D eigenvalue weighted by Crippen LogP contribution is 2.31. The molecule has 4 heterocycles. The van der Waals surface area contributed by atoms with Crippen LogP contribution in [0.4, 0.5) is 11.5 Å². The van der Waals surface area contributed by atoms with E-state index < -0.39 is 0 Å². The molecule has 31 heavy (non-hydrogen) atoms. The number of hydrogen-bond donors (Lipinski definition) is 1. The van der Waals surface area contributed by atoms with E-state index >= 15 is 0 Å². The molecule has 1 N–H and O–H groups in total. The molecule has 0 unspecified atom stereocenters. The number of hydrogen-bond acceptors (Lipinski definition) is 7. The molecule has 0 fully saturated rings. The second kappa shape index (κ2) is 7.54. The van der Waals surface area contributed by atoms with Crippen LogP contribution in [-0.2, 0) is 17.6 Å². The van der Waals surface area contributed by atoms with Crippen LogP contribution < -0.4 is 5.32 Å². The second-order valence-electron chi connectivity index (χ2n) is 8.11. The summed E-state index contributed by atoms with van der Waals surface area (Å²) in [6.07, 6.45) is 3.04. The smallest absolute Gasteiger partial charge is 0.225 e. The van der Waals surface area contributed by atoms with Gasteiger partial charge in [-0.15, -0.1) is 0 Å². The molecule has 8 nitrogen and oxygen atoms in total. The van der Waals surface area contributed by atoms with Gasteiger partial charge in [0.05, 0.1) is 11.4 Å². The third kappa shape index (κ3) is 3.65. The van der Waals surface area contributed by atoms with Crippen LogP contribution in [0.2, 0.25) is 0 Å². The number of aromatic nitrogens is 3. The third-order valence-corrected chi connectivity index (χ3v) is 5.72. The summed E-state index contributed by atoms with van der Waals surface area (Å²) >= 11 is 0. The molecule has 1 aromatic carbocycles. The Labute approximate surface area is 178 Å². The van der Waals surface area contributed by atoms with Crippen molar-refractivity contribution in [3.05, 3.63) is 64.4 Å². The van der Waals surface area contributed by atoms with E-state index in [1.165, 1.54) is 17.5 Å². The topological polar surface area (TPSA) is 110 Å². The van der Waals surface area contributed by atoms with Gasteiger partial charge in [-0.2, -0.15) is 0 Å². The Morgan fingerprint density at radius 2 is 2.10 bits per heavy atom. The standard InChI is InChI=1S/C23H21N5O3/c1-12-3-5-16-14(7-12)9-17(26-16)18-10-20(31-28-18)13(2)8-19(29)22-15-4-6-21(30)27-23(15)25-11-24-22/h3,5,7,10-11,13H,4,6,8-9H2,1-2H3,(H,24,25,27,30)/t13-/m0/s1. The number of carbonyl (C=O) groups is 2. The zero-order chi connectivity index (χ0) is 21.5. The molecule has 0 saturated carbocycles. The normalized spacial score (nSPS) is 15.7. The van der Waals surface area contributed by atoms with E-state index in [0.29, 0.717) is 41.4 Å². The number of aliphatic imine (C=N–C) groups is 1. The van der Waals surface area contributed by atoms with E-state index in [0.717, 1.165) is 17.8 Å². The summed E-state index contributed by atoms with van der Waals surface area (Å²) in [6.45, 7) is 3.99. The molecule has 0 bridgehead atoms. The molecule has 5 rings (SSSR count). The highest BCUT2D eigenvalue weighted by Gasteiger charge is 2.26. The average Bonchev–Trinajstić information content (AvgIpc) is 3.39. The molecule has 0 aliphatic carbocycles. The van der Waals surface area contributed by atoms with Gasteiger partial charge in [0, 0.05) is 36.8 Å². The lowest BCUT2D eigenvalue weighted by atomic mass is 9.95. The van der Waals surface area contributed by atoms with E-state index in [4.69, 9.17) is 4.52 Å². The van der Waals surface area contributed by atoms with Gasteiger partial charge < -0.3 is 9.84 Å². The monoisotopic (exact) mass is 415 g/mol. The van der Waals surface area contributed by atoms with Gasteiger partial charge >= 0.3 is 0 Å². The van der Waals surface area contributed by atoms with Crippen LogP contribution in [0.1, 0.15) is 64.3 Å². The maximum Gasteiger partial charge on any atom is 0.225 e. The Bertz CT molecular complexity index is 1240. The number of nitrogens with one attached hydrogen (secondary N) is 1. The predicted octanol–water partition coefficient (Wildman–Crippen LogP) is 3.71. The first-order valence-electron chi connectivity index (χ1n) is 10.3. The first-order valence-corrected chi connectivity index (χ1v) is 10.3. The van der Waals surface area contributed by atoms with Crippen LogP contribution in [0.3, 0.4) is 0 Å². The fourth-order valence-electron chi connectivity index (χ4n) is 4.04. The number of nitrogens with zero attached hydrogens (tertiary/aromatic N) is 4. The molecule has 0 saturated heterocycles. The minimum Gasteiger partial charge on any atom is -0.360 e. The zero-order valence-electron chi connectivity index (χ0n) is 17.3. The summed E-state index contributed by atoms with van der Waals surface area (Å²) in [5.74, 6) is 0.678. The largest absolute Gasteiger partial charge is 0.360 e. The summed E-state index contributed by atoms with van der Waals surface area (Å²) in [5, 5.41) is 6.89. The van der Waals surface area contributed by atoms with Crippen molar-refractivity contribution in [3.63, 3.8) is 0 Å². The van der Waals surface area contributed by atoms with Crippen molar-refractivity contribution in [2.24, 2.45) is 4.99 Å². The van der Waals surface area contributed by atoms with E-state index in [1.54, 1.807) is 0 Å². The van der Waals surface area contributed by atoms with Crippen molar-refractivity contribution in [3.8, 4) is 0 Å². The summed E-state index contributed by atoms with van der Waals surface area (Å²) in [7, 11) is 0. The number of anilines is 1. The molecule has 2 aliphatic heterocycles. The molecule has 156 valence electrons. The van der Waals surface area contributed by atoms with Crippen molar-refractivity contribution < 1.29 is 14.1 Å². The Morgan fingerprint density at radius 1 is 1.23 bits per heavy atom. The molecule has 1 amide bonds. The second-order valence-corrected chi connectivity index (χ2v) is 8.11. The number of benzene rings is 1. The van der Waals surface area contributed by atoms with Gasteiger partial charge in [0.25, 0.3) is 0 Å². The number of carbonyl (C=O) groups excluding carboxylic acids is 2. The van der Waals surface area contributed by atoms with Gasteiger partial charge in [-0.1, -0.05) is 29.8 Å². The van der Waals surface area contributed by atoms with Crippen LogP contribution in [0, 0.1) is 6.92 Å². The summed E-state index contributed by atoms with van der Waals surface area (Å²) < 4.78 is 5.55. The lowest BCUT2D eigenvalue weighted by Gasteiger charge is -2.17. The lowest BCUT2D eigenvalue weighted by molar-refractivity contribution is -0.116. The van der Waals surface area contributed by atoms with Crippen LogP contribution >= 0.6 is 0 Å². The van der Waals surface area contributed by atoms with Crippen molar-refractivity contribution in [1.29, 1.82) is 0 Å². The van der Waals surface area contributed by atoms with Crippen LogP contribution in [0.15, 0.2) is 40.1 Å². The number of Topliss-reactive ketones (excluding diaryl/α,β-unsaturated/α-hetero) is 1. The average molecular weight is 415 g/mol. The molecular weight excluding hydrogens is 394 g/mol. The first kappa shape index (κ1) is 19.3. The molecule has 2 aromatic heterocycles. The lowest BCUT2D eigenvalue weighted by Crippen LogP contribution is -2.23. The van der Waals surface area contributed by atoms with Crippen molar-refractivity contribution in [1.82, 2.24) is 15.1 Å². The van der Waals surface area contributed by atoms with Gasteiger partial charge in [0.2, 0.25) is 5.91 Å². The van der Waals surface area contributed by atoms with Crippen molar-refractivity contribution >= 4 is 28.9 Å². The summed E-state index contributed by atoms with van der Waals surface area (Å²) in [5.41, 5.74) is 5.99. The molecule has 0 radical (unpaired) electrons. The fourth-order valence-corrected chi connectivity index (χ4v) is 4.04. The number of fused-ring (bicyclic) bond motifs is 2. The Kier molecular flexibility index (Phi) is 4.69. The Hall–Kier alpha value is -3.68. The van der Waals surface area contributed by atoms with Gasteiger partial charge in [0.1, 0.15) is 29.3 Å². The van der Waals surface area contributed by atoms with E-state index in [1.807, 2.05) is 25.1 Å². The quantitative estimate of drug-likeness (QED) is 0.636. The SMILES string of the molecule is Cc1ccc2c(c1)CC(c1cc([C@@H](C)CC(=O)c3ncnc4c3CCC(=O)N4)on1)=N2. The fraction of sp³-hybridized carbons (Fsp3) is 0.304. The third-order valence-electron chi connectivity index (χ3n) is 5.72. The van der Waals surface area contributed by atoms with Gasteiger partial charge in [-0.3, -0.25) is 14.6 Å². The number of ketones is 1. The minimum absolute atomic E-state index is 0.0979. The van der Waals surface area contributed by atoms with Crippen LogP contribution in [0.25, 0.3) is 0 Å². The number of aryl methyl sites for hydroxylation is 1. The first-order chi connectivity index (χ1) is 15.0. The van der Waals surface area contributed by atoms with Crippen molar-refractivity contribution in [2.75, 3.05) is 5.32 Å². The van der Waals surface area contributed by atoms with Gasteiger partial charge in [-0.25, -0.2) is 9.97 Å².